The molecule has 14 heavy (non-hydrogen) atoms. The second kappa shape index (κ2) is 5.04. The fourth-order valence-corrected chi connectivity index (χ4v) is 2.51. The van der Waals surface area contributed by atoms with Crippen LogP contribution in [0.2, 0.25) is 0 Å². The Kier molecular flexibility index (Phi) is 4.27. The average Bonchev–Trinajstić information content (AvgIpc) is 2.18. The SMILES string of the molecule is CC(CO)NS(=O)(=O)N1CCOCC1. The number of aliphatic hydroxyl groups is 1. The van der Waals surface area contributed by atoms with Crippen molar-refractivity contribution in [3.63, 3.8) is 0 Å². The van der Waals surface area contributed by atoms with Crippen molar-refractivity contribution in [2.24, 2.45) is 0 Å². The van der Waals surface area contributed by atoms with Crippen LogP contribution in [-0.4, -0.2) is 56.8 Å². The van der Waals surface area contributed by atoms with Gasteiger partial charge >= 0.3 is 0 Å². The first-order chi connectivity index (χ1) is 6.56. The molecule has 0 spiro atoms. The molecule has 0 aromatic rings. The Hall–Kier alpha value is -0.210. The summed E-state index contributed by atoms with van der Waals surface area (Å²) in [6.45, 7) is 2.99. The van der Waals surface area contributed by atoms with E-state index >= 15 is 0 Å². The number of hydrogen-bond acceptors (Lipinski definition) is 4. The van der Waals surface area contributed by atoms with E-state index in [1.807, 2.05) is 0 Å². The molecule has 6 nitrogen and oxygen atoms in total. The van der Waals surface area contributed by atoms with Crippen molar-refractivity contribution in [1.29, 1.82) is 0 Å². The first kappa shape index (κ1) is 11.9. The van der Waals surface area contributed by atoms with Crippen LogP contribution in [0.25, 0.3) is 0 Å². The van der Waals surface area contributed by atoms with E-state index in [1.165, 1.54) is 4.31 Å². The van der Waals surface area contributed by atoms with Gasteiger partial charge in [-0.1, -0.05) is 0 Å². The largest absolute Gasteiger partial charge is 0.395 e. The third kappa shape index (κ3) is 3.18. The third-order valence-corrected chi connectivity index (χ3v) is 3.68. The summed E-state index contributed by atoms with van der Waals surface area (Å²) in [5.41, 5.74) is 0. The molecule has 1 aliphatic rings. The summed E-state index contributed by atoms with van der Waals surface area (Å²) in [5, 5.41) is 8.73. The average molecular weight is 224 g/mol. The first-order valence-corrected chi connectivity index (χ1v) is 5.96. The van der Waals surface area contributed by atoms with Crippen molar-refractivity contribution in [1.82, 2.24) is 9.03 Å². The molecule has 1 atom stereocenters. The maximum absolute atomic E-state index is 11.6. The van der Waals surface area contributed by atoms with Crippen LogP contribution in [-0.2, 0) is 14.9 Å². The summed E-state index contributed by atoms with van der Waals surface area (Å²) >= 11 is 0. The van der Waals surface area contributed by atoms with Gasteiger partial charge in [0.05, 0.1) is 19.8 Å². The number of ether oxygens (including phenoxy) is 1. The number of rotatable bonds is 4. The Morgan fingerprint density at radius 1 is 1.50 bits per heavy atom. The number of nitrogens with zero attached hydrogens (tertiary/aromatic N) is 1. The molecule has 0 saturated carbocycles. The first-order valence-electron chi connectivity index (χ1n) is 4.52. The Balaban J connectivity index is 2.54. The summed E-state index contributed by atoms with van der Waals surface area (Å²) in [6.07, 6.45) is 0. The van der Waals surface area contributed by atoms with E-state index < -0.39 is 16.3 Å². The van der Waals surface area contributed by atoms with Gasteiger partial charge in [-0.2, -0.15) is 17.4 Å². The lowest BCUT2D eigenvalue weighted by Gasteiger charge is -2.27. The molecule has 0 amide bonds. The van der Waals surface area contributed by atoms with Gasteiger partial charge in [0.2, 0.25) is 0 Å². The maximum atomic E-state index is 11.6. The van der Waals surface area contributed by atoms with Crippen LogP contribution in [0.4, 0.5) is 0 Å². The minimum Gasteiger partial charge on any atom is -0.395 e. The molecule has 2 N–H and O–H groups in total. The highest BCUT2D eigenvalue weighted by Gasteiger charge is 2.25. The summed E-state index contributed by atoms with van der Waals surface area (Å²) in [4.78, 5) is 0. The van der Waals surface area contributed by atoms with Crippen LogP contribution >= 0.6 is 0 Å². The van der Waals surface area contributed by atoms with Crippen molar-refractivity contribution >= 4 is 10.2 Å². The quantitative estimate of drug-likeness (QED) is 0.611. The molecule has 0 aliphatic carbocycles. The Morgan fingerprint density at radius 3 is 2.57 bits per heavy atom. The predicted octanol–water partition coefficient (Wildman–Crippen LogP) is -1.47. The Bertz CT molecular complexity index is 261. The van der Waals surface area contributed by atoms with Crippen LogP contribution in [0.15, 0.2) is 0 Å². The fraction of sp³-hybridized carbons (Fsp3) is 1.00. The van der Waals surface area contributed by atoms with Gasteiger partial charge < -0.3 is 9.84 Å². The van der Waals surface area contributed by atoms with Gasteiger partial charge in [-0.05, 0) is 6.92 Å². The van der Waals surface area contributed by atoms with Crippen LogP contribution in [0.1, 0.15) is 6.92 Å². The monoisotopic (exact) mass is 224 g/mol. The highest BCUT2D eigenvalue weighted by Crippen LogP contribution is 2.03. The Labute approximate surface area is 84.0 Å². The van der Waals surface area contributed by atoms with E-state index in [0.29, 0.717) is 26.3 Å². The minimum absolute atomic E-state index is 0.205. The lowest BCUT2D eigenvalue weighted by Crippen LogP contribution is -2.49. The third-order valence-electron chi connectivity index (χ3n) is 1.93. The van der Waals surface area contributed by atoms with Crippen molar-refractivity contribution in [2.45, 2.75) is 13.0 Å². The van der Waals surface area contributed by atoms with E-state index in [2.05, 4.69) is 4.72 Å². The number of morpholine rings is 1. The van der Waals surface area contributed by atoms with Crippen molar-refractivity contribution < 1.29 is 18.3 Å². The van der Waals surface area contributed by atoms with Gasteiger partial charge in [-0.3, -0.25) is 0 Å². The van der Waals surface area contributed by atoms with Gasteiger partial charge in [-0.25, -0.2) is 0 Å². The van der Waals surface area contributed by atoms with Crippen LogP contribution in [0.5, 0.6) is 0 Å². The lowest BCUT2D eigenvalue weighted by molar-refractivity contribution is 0.0722. The summed E-state index contributed by atoms with van der Waals surface area (Å²) < 4.78 is 31.9. The molecular weight excluding hydrogens is 208 g/mol. The molecule has 0 aromatic carbocycles. The smallest absolute Gasteiger partial charge is 0.279 e. The molecule has 1 heterocycles. The van der Waals surface area contributed by atoms with Crippen LogP contribution < -0.4 is 4.72 Å². The maximum Gasteiger partial charge on any atom is 0.279 e. The van der Waals surface area contributed by atoms with Gasteiger partial charge in [0.25, 0.3) is 10.2 Å². The van der Waals surface area contributed by atoms with Gasteiger partial charge in [0.1, 0.15) is 0 Å². The molecule has 1 fully saturated rings. The van der Waals surface area contributed by atoms with Crippen molar-refractivity contribution in [3.8, 4) is 0 Å². The zero-order valence-corrected chi connectivity index (χ0v) is 8.96. The van der Waals surface area contributed by atoms with E-state index in [9.17, 15) is 8.42 Å². The Morgan fingerprint density at radius 2 is 2.07 bits per heavy atom. The van der Waals surface area contributed by atoms with Gasteiger partial charge in [-0.15, -0.1) is 0 Å². The fourth-order valence-electron chi connectivity index (χ4n) is 1.15. The van der Waals surface area contributed by atoms with E-state index in [1.54, 1.807) is 6.92 Å². The predicted molar refractivity (Wildman–Crippen MR) is 51.0 cm³/mol. The zero-order chi connectivity index (χ0) is 10.6. The summed E-state index contributed by atoms with van der Waals surface area (Å²) in [7, 11) is -3.45. The van der Waals surface area contributed by atoms with Crippen LogP contribution in [0, 0.1) is 0 Å². The van der Waals surface area contributed by atoms with Gasteiger partial charge in [0.15, 0.2) is 0 Å². The molecule has 7 heteroatoms. The summed E-state index contributed by atoms with van der Waals surface area (Å²) in [5.74, 6) is 0. The highest BCUT2D eigenvalue weighted by atomic mass is 32.2. The van der Waals surface area contributed by atoms with Gasteiger partial charge in [0, 0.05) is 19.1 Å². The molecule has 84 valence electrons. The zero-order valence-electron chi connectivity index (χ0n) is 8.14. The molecule has 1 aliphatic heterocycles. The van der Waals surface area contributed by atoms with Crippen molar-refractivity contribution in [2.75, 3.05) is 32.9 Å². The number of hydrogen-bond donors (Lipinski definition) is 2. The second-order valence-corrected chi connectivity index (χ2v) is 4.92. The topological polar surface area (TPSA) is 78.9 Å². The second-order valence-electron chi connectivity index (χ2n) is 3.22. The number of aliphatic hydroxyl groups excluding tert-OH is 1. The minimum atomic E-state index is -3.45. The van der Waals surface area contributed by atoms with E-state index in [0.717, 1.165) is 0 Å². The highest BCUT2D eigenvalue weighted by molar-refractivity contribution is 7.87. The van der Waals surface area contributed by atoms with Crippen LogP contribution in [0.3, 0.4) is 0 Å². The molecule has 0 radical (unpaired) electrons. The van der Waals surface area contributed by atoms with Crippen molar-refractivity contribution in [3.05, 3.63) is 0 Å². The lowest BCUT2D eigenvalue weighted by atomic mass is 10.4. The van der Waals surface area contributed by atoms with E-state index in [4.69, 9.17) is 9.84 Å². The molecule has 1 rings (SSSR count). The standard InChI is InChI=1S/C7H16N2O4S/c1-7(6-10)8-14(11,12)9-2-4-13-5-3-9/h7-8,10H,2-6H2,1H3. The molecule has 1 unspecified atom stereocenters. The summed E-state index contributed by atoms with van der Waals surface area (Å²) in [6, 6.07) is -0.456. The molecular formula is C7H16N2O4S. The molecule has 1 saturated heterocycles. The molecule has 0 aromatic heterocycles. The van der Waals surface area contributed by atoms with E-state index in [-0.39, 0.29) is 6.61 Å². The normalized spacial score (nSPS) is 22.1. The number of nitrogens with one attached hydrogen (secondary N) is 1. The molecule has 0 bridgehead atoms.